The Balaban J connectivity index is 1.63. The van der Waals surface area contributed by atoms with Gasteiger partial charge in [-0.15, -0.1) is 0 Å². The van der Waals surface area contributed by atoms with E-state index in [1.54, 1.807) is 0 Å². The van der Waals surface area contributed by atoms with Gasteiger partial charge in [-0.05, 0) is 90.6 Å². The zero-order valence-electron chi connectivity index (χ0n) is 22.8. The molecule has 1 aromatic rings. The predicted octanol–water partition coefficient (Wildman–Crippen LogP) is 8.14. The quantitative estimate of drug-likeness (QED) is 0.305. The van der Waals surface area contributed by atoms with E-state index in [4.69, 9.17) is 0 Å². The Kier molecular flexibility index (Phi) is 6.00. The number of rotatable bonds is 3. The summed E-state index contributed by atoms with van der Waals surface area (Å²) in [4.78, 5) is 13.8. The zero-order valence-corrected chi connectivity index (χ0v) is 22.8. The van der Waals surface area contributed by atoms with Crippen LogP contribution in [0.4, 0.5) is 0 Å². The standard InChI is InChI=1S/C34H37O2/c1-17(2)23-11-9-19(5)29-25(15-23)21(7)13-27(29)31-33(35)32(34(31)36)28-14-22(8)26-16-24(18(3)4)12-10-20(6)30(26)28/h9-18,31,33,35H,1-8H3/q+1/b32-28-. The van der Waals surface area contributed by atoms with Crippen LogP contribution in [0.2, 0.25) is 0 Å². The Morgan fingerprint density at radius 2 is 1.47 bits per heavy atom. The largest absolute Gasteiger partial charge is 0.380 e. The molecular formula is C34H37O2+. The number of hydrogen-bond donors (Lipinski definition) is 1. The Labute approximate surface area is 215 Å². The van der Waals surface area contributed by atoms with Crippen molar-refractivity contribution in [3.63, 3.8) is 0 Å². The fraction of sp³-hybridized carbons (Fsp3) is 0.353. The molecule has 0 spiro atoms. The first-order chi connectivity index (χ1) is 17.0. The number of aryl methyl sites for hydroxylation is 3. The SMILES string of the molecule is CC1=C/C(=C2/C(=O)C(c3cc(C)c4cc(C(C)C)ccc(C)c3-4)C2O)[c+]2c(C)ccc(C(C)C)cc21. The monoisotopic (exact) mass is 477 g/mol. The summed E-state index contributed by atoms with van der Waals surface area (Å²) in [6.07, 6.45) is 1.29. The van der Waals surface area contributed by atoms with Crippen LogP contribution in [0.5, 0.6) is 0 Å². The first kappa shape index (κ1) is 24.6. The van der Waals surface area contributed by atoms with Gasteiger partial charge in [0.15, 0.2) is 5.78 Å². The van der Waals surface area contributed by atoms with Gasteiger partial charge in [-0.25, -0.2) is 0 Å². The van der Waals surface area contributed by atoms with Gasteiger partial charge in [0.25, 0.3) is 0 Å². The molecule has 2 unspecified atom stereocenters. The van der Waals surface area contributed by atoms with Crippen molar-refractivity contribution in [2.45, 2.75) is 79.2 Å². The molecule has 4 aliphatic carbocycles. The minimum atomic E-state index is -0.809. The molecule has 0 radical (unpaired) electrons. The lowest BCUT2D eigenvalue weighted by Crippen LogP contribution is -2.43. The summed E-state index contributed by atoms with van der Waals surface area (Å²) in [7, 11) is 0. The van der Waals surface area contributed by atoms with E-state index in [1.165, 1.54) is 22.3 Å². The molecule has 0 aliphatic heterocycles. The van der Waals surface area contributed by atoms with E-state index in [9.17, 15) is 9.90 Å². The highest BCUT2D eigenvalue weighted by atomic mass is 16.3. The predicted molar refractivity (Wildman–Crippen MR) is 151 cm³/mol. The lowest BCUT2D eigenvalue weighted by Gasteiger charge is -2.33. The van der Waals surface area contributed by atoms with Crippen molar-refractivity contribution < 1.29 is 9.90 Å². The number of ketones is 1. The summed E-state index contributed by atoms with van der Waals surface area (Å²) in [6, 6.07) is 15.3. The molecule has 0 amide bonds. The fourth-order valence-corrected chi connectivity index (χ4v) is 6.03. The third-order valence-electron chi connectivity index (χ3n) is 8.26. The number of Topliss-reactive ketones (excluding diaryl/α,β-unsaturated/α-hetero) is 1. The number of carbonyl (C=O) groups is 1. The number of fused-ring (bicyclic) bond motifs is 2. The van der Waals surface area contributed by atoms with E-state index < -0.39 is 12.0 Å². The molecule has 0 heterocycles. The summed E-state index contributed by atoms with van der Waals surface area (Å²) >= 11 is 0. The fourth-order valence-electron chi connectivity index (χ4n) is 6.03. The molecule has 0 bridgehead atoms. The van der Waals surface area contributed by atoms with Gasteiger partial charge in [0.1, 0.15) is 6.10 Å². The highest BCUT2D eigenvalue weighted by Crippen LogP contribution is 2.51. The smallest absolute Gasteiger partial charge is 0.200 e. The van der Waals surface area contributed by atoms with E-state index in [2.05, 4.69) is 104 Å². The number of aliphatic hydroxyl groups is 1. The van der Waals surface area contributed by atoms with Crippen molar-refractivity contribution in [1.82, 2.24) is 0 Å². The van der Waals surface area contributed by atoms with E-state index in [0.29, 0.717) is 17.4 Å². The normalized spacial score (nSPS) is 21.3. The average Bonchev–Trinajstić information content (AvgIpc) is 3.11. The van der Waals surface area contributed by atoms with Gasteiger partial charge < -0.3 is 5.11 Å². The molecule has 2 atom stereocenters. The van der Waals surface area contributed by atoms with Gasteiger partial charge in [0.2, 0.25) is 0 Å². The van der Waals surface area contributed by atoms with Gasteiger partial charge in [-0.1, -0.05) is 52.0 Å². The van der Waals surface area contributed by atoms with Gasteiger partial charge in [0, 0.05) is 23.3 Å². The molecule has 4 aliphatic rings. The number of aliphatic hydroxyl groups excluding tert-OH is 1. The number of hydrogen-bond acceptors (Lipinski definition) is 2. The lowest BCUT2D eigenvalue weighted by molar-refractivity contribution is -0.125. The van der Waals surface area contributed by atoms with Gasteiger partial charge in [0.05, 0.1) is 28.2 Å². The third kappa shape index (κ3) is 3.66. The second-order valence-electron chi connectivity index (χ2n) is 11.4. The maximum Gasteiger partial charge on any atom is 0.200 e. The van der Waals surface area contributed by atoms with Crippen LogP contribution in [0.1, 0.15) is 96.9 Å². The van der Waals surface area contributed by atoms with Crippen molar-refractivity contribution in [3.05, 3.63) is 98.6 Å². The molecule has 0 aromatic heterocycles. The van der Waals surface area contributed by atoms with Crippen LogP contribution in [0.3, 0.4) is 0 Å². The topological polar surface area (TPSA) is 37.3 Å². The molecule has 1 saturated carbocycles. The number of allylic oxidation sites excluding steroid dienone is 3. The molecule has 2 heteroatoms. The van der Waals surface area contributed by atoms with Crippen molar-refractivity contribution in [2.24, 2.45) is 0 Å². The van der Waals surface area contributed by atoms with Crippen LogP contribution in [-0.2, 0) is 4.79 Å². The Morgan fingerprint density at radius 3 is 2.11 bits per heavy atom. The minimum Gasteiger partial charge on any atom is -0.380 e. The molecule has 0 saturated heterocycles. The highest BCUT2D eigenvalue weighted by molar-refractivity contribution is 6.18. The van der Waals surface area contributed by atoms with Crippen LogP contribution >= 0.6 is 0 Å². The Bertz CT molecular complexity index is 1450. The van der Waals surface area contributed by atoms with E-state index in [-0.39, 0.29) is 5.78 Å². The van der Waals surface area contributed by atoms with Crippen LogP contribution in [0.25, 0.3) is 22.3 Å². The van der Waals surface area contributed by atoms with Crippen molar-refractivity contribution in [1.29, 1.82) is 0 Å². The molecular weight excluding hydrogens is 440 g/mol. The Morgan fingerprint density at radius 1 is 0.833 bits per heavy atom. The minimum absolute atomic E-state index is 0.0475. The van der Waals surface area contributed by atoms with Crippen LogP contribution in [0, 0.1) is 20.8 Å². The first-order valence-corrected chi connectivity index (χ1v) is 13.2. The first-order valence-electron chi connectivity index (χ1n) is 13.2. The van der Waals surface area contributed by atoms with E-state index in [0.717, 1.165) is 44.5 Å². The molecule has 5 rings (SSSR count). The summed E-state index contributed by atoms with van der Waals surface area (Å²) < 4.78 is 0. The molecule has 1 aromatic carbocycles. The van der Waals surface area contributed by atoms with Crippen molar-refractivity contribution >= 4 is 16.9 Å². The molecule has 1 fully saturated rings. The summed E-state index contributed by atoms with van der Waals surface area (Å²) in [5, 5.41) is 11.5. The van der Waals surface area contributed by atoms with Crippen molar-refractivity contribution in [2.75, 3.05) is 0 Å². The van der Waals surface area contributed by atoms with Crippen LogP contribution in [-0.4, -0.2) is 17.0 Å². The van der Waals surface area contributed by atoms with E-state index in [1.807, 2.05) is 0 Å². The molecule has 36 heavy (non-hydrogen) atoms. The van der Waals surface area contributed by atoms with Gasteiger partial charge in [-0.2, -0.15) is 0 Å². The second kappa shape index (κ2) is 8.78. The van der Waals surface area contributed by atoms with Crippen molar-refractivity contribution in [3.8, 4) is 11.1 Å². The van der Waals surface area contributed by atoms with Crippen LogP contribution < -0.4 is 0 Å². The van der Waals surface area contributed by atoms with Gasteiger partial charge in [-0.3, -0.25) is 4.79 Å². The molecule has 1 N–H and O–H groups in total. The molecule has 2 nitrogen and oxygen atoms in total. The van der Waals surface area contributed by atoms with Crippen LogP contribution in [0.15, 0.2) is 54.1 Å². The summed E-state index contributed by atoms with van der Waals surface area (Å²) in [5.41, 5.74) is 14.1. The average molecular weight is 478 g/mol. The maximum absolute atomic E-state index is 13.8. The number of carbonyl (C=O) groups excluding carboxylic acids is 1. The summed E-state index contributed by atoms with van der Waals surface area (Å²) in [6.45, 7) is 17.2. The summed E-state index contributed by atoms with van der Waals surface area (Å²) in [5.74, 6) is 0.365. The highest BCUT2D eigenvalue weighted by Gasteiger charge is 2.51. The van der Waals surface area contributed by atoms with Gasteiger partial charge >= 0.3 is 0 Å². The van der Waals surface area contributed by atoms with E-state index >= 15 is 0 Å². The second-order valence-corrected chi connectivity index (χ2v) is 11.4. The zero-order chi connectivity index (χ0) is 26.0. The lowest BCUT2D eigenvalue weighted by atomic mass is 9.68. The maximum atomic E-state index is 13.8. The third-order valence-corrected chi connectivity index (χ3v) is 8.26. The molecule has 184 valence electrons. The Hall–Kier alpha value is -3.10.